The zero-order valence-corrected chi connectivity index (χ0v) is 16.6. The molecule has 0 aliphatic rings. The van der Waals surface area contributed by atoms with Gasteiger partial charge in [0.15, 0.2) is 0 Å². The summed E-state index contributed by atoms with van der Waals surface area (Å²) in [6.07, 6.45) is -4.60. The molecule has 0 saturated carbocycles. The van der Waals surface area contributed by atoms with Gasteiger partial charge in [-0.05, 0) is 30.3 Å². The van der Waals surface area contributed by atoms with Gasteiger partial charge in [-0.15, -0.1) is 11.8 Å². The Labute approximate surface area is 173 Å². The van der Waals surface area contributed by atoms with Crippen LogP contribution in [0.15, 0.2) is 64.4 Å². The topological polar surface area (TPSA) is 104 Å². The van der Waals surface area contributed by atoms with Crippen molar-refractivity contribution in [3.05, 3.63) is 60.2 Å². The molecule has 3 aromatic carbocycles. The molecule has 0 aliphatic heterocycles. The van der Waals surface area contributed by atoms with Gasteiger partial charge in [-0.25, -0.2) is 8.42 Å². The first-order valence-electron chi connectivity index (χ1n) is 8.28. The van der Waals surface area contributed by atoms with Crippen LogP contribution >= 0.6 is 11.8 Å². The van der Waals surface area contributed by atoms with Crippen LogP contribution in [-0.4, -0.2) is 30.4 Å². The van der Waals surface area contributed by atoms with Crippen LogP contribution in [0.1, 0.15) is 5.56 Å². The summed E-state index contributed by atoms with van der Waals surface area (Å²) in [5.41, 5.74) is -0.930. The van der Waals surface area contributed by atoms with E-state index in [4.69, 9.17) is 5.11 Å². The van der Waals surface area contributed by atoms with Gasteiger partial charge in [-0.3, -0.25) is 9.52 Å². The lowest BCUT2D eigenvalue weighted by molar-refractivity contribution is -0.137. The molecule has 0 aromatic heterocycles. The lowest BCUT2D eigenvalue weighted by Crippen LogP contribution is -2.14. The van der Waals surface area contributed by atoms with E-state index in [-0.39, 0.29) is 32.4 Å². The molecule has 0 spiro atoms. The number of phenolic OH excluding ortho intramolecular Hbond substituents is 1. The molecule has 3 aromatic rings. The molecular weight excluding hydrogens is 443 g/mol. The van der Waals surface area contributed by atoms with E-state index in [9.17, 15) is 31.5 Å². The number of anilines is 1. The summed E-state index contributed by atoms with van der Waals surface area (Å²) < 4.78 is 65.9. The number of hydrogen-bond acceptors (Lipinski definition) is 5. The number of carbonyl (C=O) groups is 1. The molecule has 0 heterocycles. The van der Waals surface area contributed by atoms with Crippen LogP contribution in [0.5, 0.6) is 5.75 Å². The molecular formula is C19H14F3NO5S2. The van der Waals surface area contributed by atoms with E-state index in [1.807, 2.05) is 0 Å². The lowest BCUT2D eigenvalue weighted by Gasteiger charge is -2.15. The van der Waals surface area contributed by atoms with Crippen molar-refractivity contribution in [2.75, 3.05) is 10.5 Å². The third kappa shape index (κ3) is 4.62. The molecule has 0 atom stereocenters. The van der Waals surface area contributed by atoms with Crippen molar-refractivity contribution in [2.24, 2.45) is 0 Å². The Morgan fingerprint density at radius 3 is 2.20 bits per heavy atom. The van der Waals surface area contributed by atoms with E-state index in [1.54, 1.807) is 18.2 Å². The van der Waals surface area contributed by atoms with Crippen LogP contribution in [0.2, 0.25) is 0 Å². The van der Waals surface area contributed by atoms with Crippen molar-refractivity contribution < 1.29 is 36.6 Å². The Balaban J connectivity index is 2.03. The van der Waals surface area contributed by atoms with Crippen LogP contribution in [-0.2, 0) is 21.0 Å². The van der Waals surface area contributed by atoms with Crippen LogP contribution in [0.25, 0.3) is 10.8 Å². The summed E-state index contributed by atoms with van der Waals surface area (Å²) in [7, 11) is -4.25. The Morgan fingerprint density at radius 2 is 1.63 bits per heavy atom. The monoisotopic (exact) mass is 457 g/mol. The number of benzene rings is 3. The molecule has 0 fully saturated rings. The van der Waals surface area contributed by atoms with Gasteiger partial charge in [0.25, 0.3) is 10.0 Å². The zero-order valence-electron chi connectivity index (χ0n) is 15.0. The van der Waals surface area contributed by atoms with E-state index >= 15 is 0 Å². The van der Waals surface area contributed by atoms with E-state index in [0.717, 1.165) is 23.9 Å². The van der Waals surface area contributed by atoms with Gasteiger partial charge in [0.2, 0.25) is 0 Å². The summed E-state index contributed by atoms with van der Waals surface area (Å²) in [5, 5.41) is 19.9. The fourth-order valence-corrected chi connectivity index (χ4v) is 4.49. The van der Waals surface area contributed by atoms with Crippen LogP contribution < -0.4 is 4.72 Å². The number of carboxylic acid groups (broad SMARTS) is 1. The predicted molar refractivity (Wildman–Crippen MR) is 106 cm³/mol. The molecule has 6 nitrogen and oxygen atoms in total. The van der Waals surface area contributed by atoms with Gasteiger partial charge in [0.1, 0.15) is 5.75 Å². The molecule has 0 saturated heterocycles. The highest BCUT2D eigenvalue weighted by Gasteiger charge is 2.30. The number of hydrogen-bond donors (Lipinski definition) is 3. The fraction of sp³-hybridized carbons (Fsp3) is 0.105. The minimum Gasteiger partial charge on any atom is -0.506 e. The molecule has 0 radical (unpaired) electrons. The second kappa shape index (κ2) is 8.07. The summed E-state index contributed by atoms with van der Waals surface area (Å²) in [6.45, 7) is 0. The lowest BCUT2D eigenvalue weighted by atomic mass is 10.1. The molecule has 30 heavy (non-hydrogen) atoms. The van der Waals surface area contributed by atoms with Crippen molar-refractivity contribution in [1.29, 1.82) is 0 Å². The van der Waals surface area contributed by atoms with Gasteiger partial charge in [0, 0.05) is 10.8 Å². The van der Waals surface area contributed by atoms with Gasteiger partial charge >= 0.3 is 12.1 Å². The Hall–Kier alpha value is -2.92. The Bertz CT molecular complexity index is 1210. The van der Waals surface area contributed by atoms with Crippen LogP contribution in [0.4, 0.5) is 18.9 Å². The van der Waals surface area contributed by atoms with E-state index < -0.39 is 27.7 Å². The SMILES string of the molecule is O=C(O)CSc1cc(NS(=O)(=O)c2ccc(C(F)(F)F)cc2)c2ccccc2c1O. The predicted octanol–water partition coefficient (Wildman–Crippen LogP) is 4.54. The molecule has 0 unspecified atom stereocenters. The molecule has 3 N–H and O–H groups in total. The zero-order chi connectivity index (χ0) is 22.1. The Morgan fingerprint density at radius 1 is 1.03 bits per heavy atom. The van der Waals surface area contributed by atoms with Gasteiger partial charge in [0.05, 0.1) is 26.8 Å². The van der Waals surface area contributed by atoms with Crippen molar-refractivity contribution in [3.63, 3.8) is 0 Å². The minimum absolute atomic E-state index is 0.0520. The van der Waals surface area contributed by atoms with E-state index in [1.165, 1.54) is 12.1 Å². The number of alkyl halides is 3. The first-order chi connectivity index (χ1) is 14.0. The third-order valence-electron chi connectivity index (χ3n) is 4.07. The van der Waals surface area contributed by atoms with Gasteiger partial charge in [-0.2, -0.15) is 13.2 Å². The molecule has 0 aliphatic carbocycles. The molecule has 0 amide bonds. The molecule has 0 bridgehead atoms. The Kier molecular flexibility index (Phi) is 5.86. The van der Waals surface area contributed by atoms with Crippen LogP contribution in [0, 0.1) is 0 Å². The first kappa shape index (κ1) is 21.8. The average molecular weight is 457 g/mol. The first-order valence-corrected chi connectivity index (χ1v) is 10.8. The van der Waals surface area contributed by atoms with Crippen molar-refractivity contribution in [1.82, 2.24) is 0 Å². The number of halogens is 3. The maximum atomic E-state index is 12.7. The second-order valence-corrected chi connectivity index (χ2v) is 8.83. The van der Waals surface area contributed by atoms with E-state index in [0.29, 0.717) is 17.5 Å². The highest BCUT2D eigenvalue weighted by Crippen LogP contribution is 2.40. The van der Waals surface area contributed by atoms with Gasteiger partial charge < -0.3 is 10.2 Å². The highest BCUT2D eigenvalue weighted by molar-refractivity contribution is 8.00. The number of thioether (sulfide) groups is 1. The normalized spacial score (nSPS) is 12.1. The standard InChI is InChI=1S/C19H14F3NO5S2/c20-19(21,22)11-5-7-12(8-6-11)30(27,28)23-15-9-16(29-10-17(24)25)18(26)14-4-2-1-3-13(14)15/h1-9,23,26H,10H2,(H,24,25). The molecule has 158 valence electrons. The molecule has 3 rings (SSSR count). The molecule has 11 heteroatoms. The number of aliphatic carboxylic acids is 1. The fourth-order valence-electron chi connectivity index (χ4n) is 2.70. The number of phenols is 1. The summed E-state index contributed by atoms with van der Waals surface area (Å²) in [4.78, 5) is 10.6. The maximum absolute atomic E-state index is 12.7. The quantitative estimate of drug-likeness (QED) is 0.371. The average Bonchev–Trinajstić information content (AvgIpc) is 2.68. The number of rotatable bonds is 6. The smallest absolute Gasteiger partial charge is 0.416 e. The second-order valence-electron chi connectivity index (χ2n) is 6.13. The number of fused-ring (bicyclic) bond motifs is 1. The van der Waals surface area contributed by atoms with Gasteiger partial charge in [-0.1, -0.05) is 24.3 Å². The van der Waals surface area contributed by atoms with Crippen molar-refractivity contribution >= 4 is 44.2 Å². The summed E-state index contributed by atoms with van der Waals surface area (Å²) in [6, 6.07) is 10.6. The van der Waals surface area contributed by atoms with Crippen molar-refractivity contribution in [2.45, 2.75) is 16.0 Å². The maximum Gasteiger partial charge on any atom is 0.416 e. The summed E-state index contributed by atoms with van der Waals surface area (Å²) >= 11 is 0.801. The third-order valence-corrected chi connectivity index (χ3v) is 6.46. The number of carboxylic acids is 1. The number of aromatic hydroxyl groups is 1. The van der Waals surface area contributed by atoms with Crippen molar-refractivity contribution in [3.8, 4) is 5.75 Å². The summed E-state index contributed by atoms with van der Waals surface area (Å²) in [5.74, 6) is -1.69. The number of sulfonamides is 1. The highest BCUT2D eigenvalue weighted by atomic mass is 32.2. The van der Waals surface area contributed by atoms with Crippen LogP contribution in [0.3, 0.4) is 0 Å². The minimum atomic E-state index is -4.60. The number of nitrogens with one attached hydrogen (secondary N) is 1. The van der Waals surface area contributed by atoms with E-state index in [2.05, 4.69) is 4.72 Å². The largest absolute Gasteiger partial charge is 0.506 e.